The number of amides is 2. The Morgan fingerprint density at radius 3 is 2.53 bits per heavy atom. The molecule has 1 aliphatic carbocycles. The molecule has 1 aromatic carbocycles. The summed E-state index contributed by atoms with van der Waals surface area (Å²) in [5, 5.41) is 12.8. The van der Waals surface area contributed by atoms with Crippen molar-refractivity contribution in [1.29, 1.82) is 0 Å². The summed E-state index contributed by atoms with van der Waals surface area (Å²) in [5.74, 6) is -0.917. The number of aliphatic carboxylic acids is 1. The number of piperidine rings is 1. The second-order valence-electron chi connectivity index (χ2n) is 10.4. The molecule has 0 spiro atoms. The van der Waals surface area contributed by atoms with Gasteiger partial charge in [0.25, 0.3) is 5.91 Å². The predicted molar refractivity (Wildman–Crippen MR) is 130 cm³/mol. The van der Waals surface area contributed by atoms with Gasteiger partial charge >= 0.3 is 5.97 Å². The van der Waals surface area contributed by atoms with Gasteiger partial charge in [-0.2, -0.15) is 0 Å². The zero-order valence-electron chi connectivity index (χ0n) is 20.4. The quantitative estimate of drug-likeness (QED) is 0.638. The van der Waals surface area contributed by atoms with Gasteiger partial charge in [0, 0.05) is 31.7 Å². The van der Waals surface area contributed by atoms with Crippen LogP contribution in [0, 0.1) is 11.8 Å². The molecule has 2 heterocycles. The first kappa shape index (κ1) is 24.7. The second kappa shape index (κ2) is 11.3. The van der Waals surface area contributed by atoms with Crippen LogP contribution >= 0.6 is 0 Å². The molecule has 1 saturated heterocycles. The number of hydrogen-bond donors (Lipinski definition) is 2. The van der Waals surface area contributed by atoms with E-state index in [1.807, 2.05) is 30.1 Å². The van der Waals surface area contributed by atoms with Crippen molar-refractivity contribution in [3.63, 3.8) is 0 Å². The lowest BCUT2D eigenvalue weighted by molar-refractivity contribution is -0.146. The summed E-state index contributed by atoms with van der Waals surface area (Å²) in [4.78, 5) is 41.8. The van der Waals surface area contributed by atoms with Crippen LogP contribution in [0.4, 0.5) is 0 Å². The van der Waals surface area contributed by atoms with Gasteiger partial charge in [-0.25, -0.2) is 0 Å². The third-order valence-electron chi connectivity index (χ3n) is 8.01. The average molecular weight is 470 g/mol. The van der Waals surface area contributed by atoms with Crippen LogP contribution in [0.3, 0.4) is 0 Å². The fraction of sp³-hybridized carbons (Fsp3) is 0.667. The molecular formula is C27H39N3O4. The number of carboxylic acids is 1. The fourth-order valence-corrected chi connectivity index (χ4v) is 5.89. The number of carboxylic acid groups (broad SMARTS) is 1. The Balaban J connectivity index is 1.50. The molecule has 186 valence electrons. The molecule has 4 rings (SSSR count). The van der Waals surface area contributed by atoms with Crippen LogP contribution in [0.1, 0.15) is 79.3 Å². The van der Waals surface area contributed by atoms with Crippen molar-refractivity contribution in [3.05, 3.63) is 34.9 Å². The summed E-state index contributed by atoms with van der Waals surface area (Å²) in [5.41, 5.74) is 2.61. The SMILES string of the molecule is CN(CCC1CCNCC1)C(=O)c1ccc2c(c1)C[C@H](CC(=O)O)C(=O)N(C1CCCCC1)C2. The van der Waals surface area contributed by atoms with Crippen LogP contribution in [-0.4, -0.2) is 65.4 Å². The summed E-state index contributed by atoms with van der Waals surface area (Å²) in [7, 11) is 1.86. The third kappa shape index (κ3) is 5.98. The lowest BCUT2D eigenvalue weighted by Crippen LogP contribution is -2.43. The molecule has 2 aliphatic heterocycles. The van der Waals surface area contributed by atoms with Gasteiger partial charge in [-0.05, 0) is 80.8 Å². The normalized spacial score (nSPS) is 22.2. The van der Waals surface area contributed by atoms with E-state index in [4.69, 9.17) is 0 Å². The molecule has 0 bridgehead atoms. The highest BCUT2D eigenvalue weighted by Gasteiger charge is 2.35. The third-order valence-corrected chi connectivity index (χ3v) is 8.01. The van der Waals surface area contributed by atoms with Gasteiger partial charge < -0.3 is 20.2 Å². The molecule has 0 aromatic heterocycles. The fourth-order valence-electron chi connectivity index (χ4n) is 5.89. The highest BCUT2D eigenvalue weighted by molar-refractivity contribution is 5.94. The standard InChI is InChI=1S/C27H39N3O4/c1-29(14-11-19-9-12-28-13-10-19)26(33)20-7-8-21-18-30(24-5-3-2-4-6-24)27(34)23(17-25(31)32)16-22(21)15-20/h7-8,15,19,23-24,28H,2-6,9-14,16-18H2,1H3,(H,31,32)/t23-/m1/s1. The van der Waals surface area contributed by atoms with Crippen LogP contribution in [0.2, 0.25) is 0 Å². The summed E-state index contributed by atoms with van der Waals surface area (Å²) in [6.07, 6.45) is 8.95. The molecule has 0 unspecified atom stereocenters. The summed E-state index contributed by atoms with van der Waals surface area (Å²) in [6.45, 7) is 3.35. The number of benzene rings is 1. The van der Waals surface area contributed by atoms with E-state index in [0.29, 0.717) is 24.4 Å². The minimum absolute atomic E-state index is 0.00812. The lowest BCUT2D eigenvalue weighted by Gasteiger charge is -2.35. The van der Waals surface area contributed by atoms with Crippen molar-refractivity contribution >= 4 is 17.8 Å². The van der Waals surface area contributed by atoms with E-state index in [9.17, 15) is 19.5 Å². The zero-order valence-corrected chi connectivity index (χ0v) is 20.4. The van der Waals surface area contributed by atoms with E-state index in [2.05, 4.69) is 5.32 Å². The maximum Gasteiger partial charge on any atom is 0.304 e. The molecule has 7 nitrogen and oxygen atoms in total. The first-order chi connectivity index (χ1) is 16.4. The Hall–Kier alpha value is -2.41. The number of carbonyl (C=O) groups excluding carboxylic acids is 2. The number of rotatable bonds is 7. The summed E-state index contributed by atoms with van der Waals surface area (Å²) >= 11 is 0. The van der Waals surface area contributed by atoms with Crippen molar-refractivity contribution in [1.82, 2.24) is 15.1 Å². The van der Waals surface area contributed by atoms with Gasteiger partial charge in [-0.3, -0.25) is 14.4 Å². The topological polar surface area (TPSA) is 90.0 Å². The van der Waals surface area contributed by atoms with Crippen LogP contribution in [0.5, 0.6) is 0 Å². The van der Waals surface area contributed by atoms with E-state index >= 15 is 0 Å². The van der Waals surface area contributed by atoms with E-state index in [1.54, 1.807) is 4.90 Å². The van der Waals surface area contributed by atoms with Gasteiger partial charge in [0.1, 0.15) is 0 Å². The Bertz CT molecular complexity index is 890. The Morgan fingerprint density at radius 1 is 1.09 bits per heavy atom. The number of nitrogens with zero attached hydrogens (tertiary/aromatic N) is 2. The first-order valence-electron chi connectivity index (χ1n) is 13.0. The molecule has 1 aromatic rings. The van der Waals surface area contributed by atoms with E-state index in [1.165, 1.54) is 6.42 Å². The van der Waals surface area contributed by atoms with Gasteiger partial charge in [0.15, 0.2) is 0 Å². The molecule has 1 atom stereocenters. The van der Waals surface area contributed by atoms with Crippen LogP contribution in [0.15, 0.2) is 18.2 Å². The molecule has 2 N–H and O–H groups in total. The zero-order chi connectivity index (χ0) is 24.1. The predicted octanol–water partition coefficient (Wildman–Crippen LogP) is 3.46. The molecule has 34 heavy (non-hydrogen) atoms. The van der Waals surface area contributed by atoms with Crippen molar-refractivity contribution in [2.75, 3.05) is 26.7 Å². The highest BCUT2D eigenvalue weighted by atomic mass is 16.4. The Morgan fingerprint density at radius 2 is 1.82 bits per heavy atom. The molecule has 2 fully saturated rings. The summed E-state index contributed by atoms with van der Waals surface area (Å²) in [6, 6.07) is 5.95. The first-order valence-corrected chi connectivity index (χ1v) is 13.0. The highest BCUT2D eigenvalue weighted by Crippen LogP contribution is 2.32. The maximum absolute atomic E-state index is 13.4. The number of hydrogen-bond acceptors (Lipinski definition) is 4. The largest absolute Gasteiger partial charge is 0.481 e. The van der Waals surface area contributed by atoms with Crippen LogP contribution in [-0.2, 0) is 22.6 Å². The van der Waals surface area contributed by atoms with E-state index in [0.717, 1.165) is 75.7 Å². The minimum Gasteiger partial charge on any atom is -0.481 e. The van der Waals surface area contributed by atoms with Gasteiger partial charge in [0.2, 0.25) is 5.91 Å². The second-order valence-corrected chi connectivity index (χ2v) is 10.4. The van der Waals surface area contributed by atoms with E-state index in [-0.39, 0.29) is 24.3 Å². The molecule has 0 radical (unpaired) electrons. The Kier molecular flexibility index (Phi) is 8.24. The lowest BCUT2D eigenvalue weighted by atomic mass is 9.91. The number of carbonyl (C=O) groups is 3. The smallest absolute Gasteiger partial charge is 0.304 e. The van der Waals surface area contributed by atoms with Crippen molar-refractivity contribution < 1.29 is 19.5 Å². The van der Waals surface area contributed by atoms with Gasteiger partial charge in [0.05, 0.1) is 12.3 Å². The molecular weight excluding hydrogens is 430 g/mol. The van der Waals surface area contributed by atoms with Crippen molar-refractivity contribution in [2.45, 2.75) is 76.8 Å². The molecule has 1 saturated carbocycles. The van der Waals surface area contributed by atoms with Gasteiger partial charge in [-0.1, -0.05) is 25.3 Å². The summed E-state index contributed by atoms with van der Waals surface area (Å²) < 4.78 is 0. The number of fused-ring (bicyclic) bond motifs is 1. The molecule has 3 aliphatic rings. The average Bonchev–Trinajstić information content (AvgIpc) is 2.98. The van der Waals surface area contributed by atoms with Crippen molar-refractivity contribution in [3.8, 4) is 0 Å². The van der Waals surface area contributed by atoms with Crippen molar-refractivity contribution in [2.24, 2.45) is 11.8 Å². The molecule has 7 heteroatoms. The van der Waals surface area contributed by atoms with Gasteiger partial charge in [-0.15, -0.1) is 0 Å². The monoisotopic (exact) mass is 469 g/mol. The van der Waals surface area contributed by atoms with Crippen LogP contribution < -0.4 is 5.32 Å². The maximum atomic E-state index is 13.4. The minimum atomic E-state index is -0.949. The van der Waals surface area contributed by atoms with E-state index < -0.39 is 11.9 Å². The van der Waals surface area contributed by atoms with Crippen LogP contribution in [0.25, 0.3) is 0 Å². The Labute approximate surface area is 202 Å². The number of nitrogens with one attached hydrogen (secondary N) is 1. The molecule has 2 amide bonds.